The van der Waals surface area contributed by atoms with Crippen LogP contribution in [-0.2, 0) is 17.9 Å². The Balaban J connectivity index is 1.26. The molecule has 1 aliphatic heterocycles. The van der Waals surface area contributed by atoms with Gasteiger partial charge in [0.1, 0.15) is 6.61 Å². The summed E-state index contributed by atoms with van der Waals surface area (Å²) >= 11 is 4.92. The second kappa shape index (κ2) is 13.4. The van der Waals surface area contributed by atoms with Crippen molar-refractivity contribution in [3.63, 3.8) is 0 Å². The van der Waals surface area contributed by atoms with Crippen LogP contribution in [-0.4, -0.2) is 34.2 Å². The van der Waals surface area contributed by atoms with Gasteiger partial charge in [-0.15, -0.1) is 0 Å². The molecule has 45 heavy (non-hydrogen) atoms. The molecule has 1 saturated heterocycles. The van der Waals surface area contributed by atoms with Crippen molar-refractivity contribution in [2.45, 2.75) is 13.2 Å². The van der Waals surface area contributed by atoms with Crippen LogP contribution in [0.1, 0.15) is 27.0 Å². The molecule has 0 saturated carbocycles. The number of ether oxygens (including phenoxy) is 2. The number of halogens is 1. The Hall–Kier alpha value is -4.86. The van der Waals surface area contributed by atoms with Gasteiger partial charge < -0.3 is 14.6 Å². The third-order valence-electron chi connectivity index (χ3n) is 7.16. The summed E-state index contributed by atoms with van der Waals surface area (Å²) in [6.07, 6.45) is 1.81. The van der Waals surface area contributed by atoms with Crippen LogP contribution in [0.15, 0.2) is 124 Å². The first-order chi connectivity index (χ1) is 21.9. The number of benzene rings is 5. The Labute approximate surface area is 272 Å². The molecule has 0 radical (unpaired) electrons. The molecule has 9 heteroatoms. The minimum atomic E-state index is -1.00. The molecule has 224 valence electrons. The van der Waals surface area contributed by atoms with E-state index in [0.717, 1.165) is 27.8 Å². The molecule has 0 spiro atoms. The highest BCUT2D eigenvalue weighted by molar-refractivity contribution is 9.10. The third-order valence-corrected chi connectivity index (χ3v) is 8.75. The number of aromatic carboxylic acids is 1. The summed E-state index contributed by atoms with van der Waals surface area (Å²) in [5, 5.41) is 12.1. The predicted octanol–water partition coefficient (Wildman–Crippen LogP) is 8.69. The van der Waals surface area contributed by atoms with Crippen LogP contribution in [0.4, 0.5) is 5.69 Å². The monoisotopic (exact) mass is 678 g/mol. The van der Waals surface area contributed by atoms with Crippen molar-refractivity contribution in [1.29, 1.82) is 0 Å². The summed E-state index contributed by atoms with van der Waals surface area (Å²) in [7, 11) is 1.58. The maximum absolute atomic E-state index is 13.7. The van der Waals surface area contributed by atoms with Crippen molar-refractivity contribution in [2.75, 3.05) is 7.11 Å². The van der Waals surface area contributed by atoms with Gasteiger partial charge in [-0.05, 0) is 104 Å². The van der Waals surface area contributed by atoms with Gasteiger partial charge >= 0.3 is 5.97 Å². The fourth-order valence-electron chi connectivity index (χ4n) is 4.88. The van der Waals surface area contributed by atoms with Gasteiger partial charge in [-0.25, -0.2) is 9.79 Å². The number of carbonyl (C=O) groups excluding carboxylic acids is 1. The van der Waals surface area contributed by atoms with E-state index in [1.807, 2.05) is 60.7 Å². The van der Waals surface area contributed by atoms with Gasteiger partial charge in [0, 0.05) is 0 Å². The van der Waals surface area contributed by atoms with E-state index < -0.39 is 5.97 Å². The Kier molecular flexibility index (Phi) is 9.00. The second-order valence-electron chi connectivity index (χ2n) is 10.2. The van der Waals surface area contributed by atoms with E-state index in [9.17, 15) is 14.7 Å². The molecule has 0 bridgehead atoms. The summed E-state index contributed by atoms with van der Waals surface area (Å²) in [6.45, 7) is 0.597. The van der Waals surface area contributed by atoms with E-state index >= 15 is 0 Å². The smallest absolute Gasteiger partial charge is 0.335 e. The normalized spacial score (nSPS) is 14.8. The Bertz CT molecular complexity index is 1960. The molecule has 0 unspecified atom stereocenters. The third kappa shape index (κ3) is 6.95. The second-order valence-corrected chi connectivity index (χ2v) is 12.1. The largest absolute Gasteiger partial charge is 0.493 e. The highest BCUT2D eigenvalue weighted by atomic mass is 79.9. The minimum Gasteiger partial charge on any atom is -0.493 e. The lowest BCUT2D eigenvalue weighted by molar-refractivity contribution is -0.122. The average molecular weight is 680 g/mol. The van der Waals surface area contributed by atoms with Crippen LogP contribution < -0.4 is 9.47 Å². The molecular weight excluding hydrogens is 652 g/mol. The lowest BCUT2D eigenvalue weighted by Gasteiger charge is -2.16. The molecular formula is C36H27BrN2O5S. The molecule has 0 aromatic heterocycles. The van der Waals surface area contributed by atoms with Crippen LogP contribution in [0.2, 0.25) is 0 Å². The zero-order chi connectivity index (χ0) is 31.3. The van der Waals surface area contributed by atoms with Gasteiger partial charge in [0.15, 0.2) is 16.7 Å². The van der Waals surface area contributed by atoms with Crippen LogP contribution in [0.5, 0.6) is 11.5 Å². The lowest BCUT2D eigenvalue weighted by Crippen LogP contribution is -2.28. The number of thioether (sulfide) groups is 1. The molecule has 5 aromatic carbocycles. The quantitative estimate of drug-likeness (QED) is 0.157. The number of fused-ring (bicyclic) bond motifs is 1. The summed E-state index contributed by atoms with van der Waals surface area (Å²) in [6, 6.07) is 34.1. The van der Waals surface area contributed by atoms with E-state index in [1.54, 1.807) is 30.2 Å². The number of carboxylic acids is 1. The zero-order valence-electron chi connectivity index (χ0n) is 24.1. The Morgan fingerprint density at radius 2 is 1.62 bits per heavy atom. The van der Waals surface area contributed by atoms with E-state index in [2.05, 4.69) is 40.2 Å². The first-order valence-corrected chi connectivity index (χ1v) is 15.6. The molecule has 1 amide bonds. The topological polar surface area (TPSA) is 88.4 Å². The first kappa shape index (κ1) is 30.2. The summed E-state index contributed by atoms with van der Waals surface area (Å²) in [5.74, 6) is -0.113. The van der Waals surface area contributed by atoms with Crippen LogP contribution >= 0.6 is 27.7 Å². The predicted molar refractivity (Wildman–Crippen MR) is 182 cm³/mol. The standard InChI is InChI=1S/C36H27BrN2O5S/c1-43-31-19-25(18-30(37)33(31)44-22-24-13-14-26-7-5-6-8-28(26)17-24)20-32-34(40)39(21-23-11-15-27(16-12-23)35(41)42)36(45-32)38-29-9-3-2-4-10-29/h2-20H,21-22H2,1H3,(H,41,42)/b32-20-,38-36?. The van der Waals surface area contributed by atoms with Crippen LogP contribution in [0.3, 0.4) is 0 Å². The van der Waals surface area contributed by atoms with Gasteiger partial charge in [0.05, 0.1) is 34.3 Å². The highest BCUT2D eigenvalue weighted by Gasteiger charge is 2.33. The van der Waals surface area contributed by atoms with E-state index in [0.29, 0.717) is 32.7 Å². The molecule has 1 heterocycles. The highest BCUT2D eigenvalue weighted by Crippen LogP contribution is 2.40. The number of hydrogen-bond donors (Lipinski definition) is 1. The van der Waals surface area contributed by atoms with Crippen LogP contribution in [0, 0.1) is 0 Å². The Morgan fingerprint density at radius 1 is 0.911 bits per heavy atom. The van der Waals surface area contributed by atoms with Gasteiger partial charge in [-0.3, -0.25) is 9.69 Å². The average Bonchev–Trinajstić information content (AvgIpc) is 3.33. The fourth-order valence-corrected chi connectivity index (χ4v) is 6.45. The first-order valence-electron chi connectivity index (χ1n) is 14.0. The number of nitrogens with zero attached hydrogens (tertiary/aromatic N) is 2. The number of hydrogen-bond acceptors (Lipinski definition) is 6. The van der Waals surface area contributed by atoms with E-state index in [-0.39, 0.29) is 18.0 Å². The number of carboxylic acid groups (broad SMARTS) is 1. The molecule has 6 rings (SSSR count). The van der Waals surface area contributed by atoms with Crippen molar-refractivity contribution in [2.24, 2.45) is 4.99 Å². The number of rotatable bonds is 9. The van der Waals surface area contributed by atoms with E-state index in [4.69, 9.17) is 14.5 Å². The number of carbonyl (C=O) groups is 2. The van der Waals surface area contributed by atoms with Crippen molar-refractivity contribution in [3.05, 3.63) is 141 Å². The van der Waals surface area contributed by atoms with Crippen molar-refractivity contribution >= 4 is 67.3 Å². The summed E-state index contributed by atoms with van der Waals surface area (Å²) in [5.41, 5.74) is 3.47. The maximum Gasteiger partial charge on any atom is 0.335 e. The van der Waals surface area contributed by atoms with Gasteiger partial charge in [0.25, 0.3) is 5.91 Å². The maximum atomic E-state index is 13.7. The molecule has 1 N–H and O–H groups in total. The number of amidine groups is 1. The fraction of sp³-hybridized carbons (Fsp3) is 0.0833. The van der Waals surface area contributed by atoms with Gasteiger partial charge in [-0.1, -0.05) is 66.7 Å². The number of methoxy groups -OCH3 is 1. The molecule has 1 fully saturated rings. The van der Waals surface area contributed by atoms with E-state index in [1.165, 1.54) is 29.3 Å². The van der Waals surface area contributed by atoms with Crippen molar-refractivity contribution in [1.82, 2.24) is 4.90 Å². The van der Waals surface area contributed by atoms with Crippen molar-refractivity contribution < 1.29 is 24.2 Å². The zero-order valence-corrected chi connectivity index (χ0v) is 26.5. The molecule has 0 aliphatic carbocycles. The lowest BCUT2D eigenvalue weighted by atomic mass is 10.1. The molecule has 5 aromatic rings. The number of para-hydroxylation sites is 1. The summed E-state index contributed by atoms with van der Waals surface area (Å²) < 4.78 is 12.6. The van der Waals surface area contributed by atoms with Crippen LogP contribution in [0.25, 0.3) is 16.8 Å². The molecule has 0 atom stereocenters. The number of aliphatic imine (C=N–C) groups is 1. The summed E-state index contributed by atoms with van der Waals surface area (Å²) in [4.78, 5) is 31.9. The molecule has 1 aliphatic rings. The van der Waals surface area contributed by atoms with Gasteiger partial charge in [0.2, 0.25) is 0 Å². The SMILES string of the molecule is COc1cc(/C=C2\SC(=Nc3ccccc3)N(Cc3ccc(C(=O)O)cc3)C2=O)cc(Br)c1OCc1ccc2ccccc2c1. The van der Waals surface area contributed by atoms with Crippen molar-refractivity contribution in [3.8, 4) is 11.5 Å². The molecule has 7 nitrogen and oxygen atoms in total. The number of amides is 1. The Morgan fingerprint density at radius 3 is 2.36 bits per heavy atom. The minimum absolute atomic E-state index is 0.184. The van der Waals surface area contributed by atoms with Gasteiger partial charge in [-0.2, -0.15) is 0 Å².